The van der Waals surface area contributed by atoms with Crippen molar-refractivity contribution in [1.29, 1.82) is 0 Å². The summed E-state index contributed by atoms with van der Waals surface area (Å²) in [4.78, 5) is 2.86. The normalized spacial score (nSPS) is 32.8. The highest BCUT2D eigenvalue weighted by molar-refractivity contribution is 5.03. The van der Waals surface area contributed by atoms with Gasteiger partial charge in [-0.1, -0.05) is 32.6 Å². The van der Waals surface area contributed by atoms with Crippen LogP contribution in [0, 0.1) is 5.92 Å². The van der Waals surface area contributed by atoms with Crippen LogP contribution < -0.4 is 5.32 Å². The molecule has 0 aromatic carbocycles. The van der Waals surface area contributed by atoms with Crippen LogP contribution in [0.5, 0.6) is 0 Å². The monoisotopic (exact) mass is 250 g/mol. The minimum absolute atomic E-state index is 0.497. The van der Waals surface area contributed by atoms with Gasteiger partial charge >= 0.3 is 0 Å². The minimum Gasteiger partial charge on any atom is -0.308 e. The summed E-state index contributed by atoms with van der Waals surface area (Å²) in [6, 6.07) is 0.865. The molecular formula is C16H30N2. The molecule has 1 atom stereocenters. The van der Waals surface area contributed by atoms with Gasteiger partial charge in [0.25, 0.3) is 0 Å². The van der Waals surface area contributed by atoms with Crippen molar-refractivity contribution in [3.63, 3.8) is 0 Å². The topological polar surface area (TPSA) is 15.3 Å². The van der Waals surface area contributed by atoms with Crippen LogP contribution in [0.1, 0.15) is 64.7 Å². The molecule has 0 amide bonds. The summed E-state index contributed by atoms with van der Waals surface area (Å²) in [6.07, 6.45) is 12.9. The molecule has 18 heavy (non-hydrogen) atoms. The number of hydrogen-bond acceptors (Lipinski definition) is 2. The Balaban J connectivity index is 1.64. The minimum atomic E-state index is 0.497. The van der Waals surface area contributed by atoms with Gasteiger partial charge in [-0.2, -0.15) is 0 Å². The van der Waals surface area contributed by atoms with E-state index in [9.17, 15) is 0 Å². The maximum Gasteiger partial charge on any atom is 0.0309 e. The molecule has 3 aliphatic rings. The van der Waals surface area contributed by atoms with Gasteiger partial charge in [0, 0.05) is 24.7 Å². The molecule has 3 rings (SSSR count). The van der Waals surface area contributed by atoms with Gasteiger partial charge < -0.3 is 5.32 Å². The Morgan fingerprint density at radius 1 is 1.17 bits per heavy atom. The van der Waals surface area contributed by atoms with Gasteiger partial charge in [0.05, 0.1) is 0 Å². The van der Waals surface area contributed by atoms with Crippen molar-refractivity contribution in [2.75, 3.05) is 19.6 Å². The summed E-state index contributed by atoms with van der Waals surface area (Å²) in [5.74, 6) is 1.02. The van der Waals surface area contributed by atoms with Crippen molar-refractivity contribution in [2.24, 2.45) is 5.92 Å². The second-order valence-electron chi connectivity index (χ2n) is 6.95. The second kappa shape index (κ2) is 5.50. The van der Waals surface area contributed by atoms with Crippen LogP contribution >= 0.6 is 0 Å². The first-order valence-corrected chi connectivity index (χ1v) is 8.32. The molecule has 0 radical (unpaired) electrons. The van der Waals surface area contributed by atoms with E-state index in [1.165, 1.54) is 77.4 Å². The van der Waals surface area contributed by atoms with E-state index in [2.05, 4.69) is 17.1 Å². The molecule has 1 saturated heterocycles. The van der Waals surface area contributed by atoms with Gasteiger partial charge in [0.2, 0.25) is 0 Å². The van der Waals surface area contributed by atoms with Gasteiger partial charge in [-0.15, -0.1) is 0 Å². The van der Waals surface area contributed by atoms with E-state index in [0.717, 1.165) is 12.0 Å². The lowest BCUT2D eigenvalue weighted by atomic mass is 9.79. The quantitative estimate of drug-likeness (QED) is 0.824. The number of piperazine rings is 1. The molecule has 104 valence electrons. The van der Waals surface area contributed by atoms with E-state index in [1.54, 1.807) is 0 Å². The molecule has 2 nitrogen and oxygen atoms in total. The average molecular weight is 250 g/mol. The van der Waals surface area contributed by atoms with Crippen molar-refractivity contribution in [3.05, 3.63) is 0 Å². The Morgan fingerprint density at radius 3 is 2.61 bits per heavy atom. The fourth-order valence-corrected chi connectivity index (χ4v) is 4.13. The molecule has 0 bridgehead atoms. The Labute approximate surface area is 113 Å². The molecular weight excluding hydrogens is 220 g/mol. The van der Waals surface area contributed by atoms with Crippen molar-refractivity contribution in [2.45, 2.75) is 76.3 Å². The third-order valence-electron chi connectivity index (χ3n) is 5.44. The third kappa shape index (κ3) is 2.75. The molecule has 1 N–H and O–H groups in total. The molecule has 1 unspecified atom stereocenters. The molecule has 2 aliphatic carbocycles. The lowest BCUT2D eigenvalue weighted by Gasteiger charge is -2.50. The van der Waals surface area contributed by atoms with E-state index in [-0.39, 0.29) is 0 Å². The standard InChI is InChI=1S/C16H30N2/c1-2-3-11-18-13-16(9-5-4-6-10-16)17-12-15(18)14-7-8-14/h14-15,17H,2-13H2,1H3. The van der Waals surface area contributed by atoms with E-state index in [1.807, 2.05) is 0 Å². The maximum absolute atomic E-state index is 3.97. The third-order valence-corrected chi connectivity index (χ3v) is 5.44. The maximum atomic E-state index is 3.97. The van der Waals surface area contributed by atoms with Crippen LogP contribution in [0.25, 0.3) is 0 Å². The summed E-state index contributed by atoms with van der Waals surface area (Å²) in [5, 5.41) is 3.97. The number of rotatable bonds is 4. The van der Waals surface area contributed by atoms with Crippen LogP contribution in [0.3, 0.4) is 0 Å². The van der Waals surface area contributed by atoms with Crippen molar-refractivity contribution in [1.82, 2.24) is 10.2 Å². The predicted octanol–water partition coefficient (Wildman–Crippen LogP) is 3.17. The zero-order valence-electron chi connectivity index (χ0n) is 12.1. The number of nitrogens with one attached hydrogen (secondary N) is 1. The van der Waals surface area contributed by atoms with E-state index in [4.69, 9.17) is 0 Å². The molecule has 2 saturated carbocycles. The average Bonchev–Trinajstić information content (AvgIpc) is 3.22. The molecule has 1 spiro atoms. The van der Waals surface area contributed by atoms with Crippen LogP contribution in [-0.2, 0) is 0 Å². The van der Waals surface area contributed by atoms with Gasteiger partial charge in [-0.05, 0) is 44.6 Å². The van der Waals surface area contributed by atoms with Gasteiger partial charge in [0.1, 0.15) is 0 Å². The highest BCUT2D eigenvalue weighted by atomic mass is 15.3. The second-order valence-corrected chi connectivity index (χ2v) is 6.95. The highest BCUT2D eigenvalue weighted by Gasteiger charge is 2.44. The first kappa shape index (κ1) is 12.9. The van der Waals surface area contributed by atoms with Crippen molar-refractivity contribution < 1.29 is 0 Å². The van der Waals surface area contributed by atoms with Crippen molar-refractivity contribution in [3.8, 4) is 0 Å². The SMILES string of the molecule is CCCCN1CC2(CCCCC2)NCC1C1CC1. The fraction of sp³-hybridized carbons (Fsp3) is 1.00. The summed E-state index contributed by atoms with van der Waals surface area (Å²) < 4.78 is 0. The lowest BCUT2D eigenvalue weighted by Crippen LogP contribution is -2.65. The number of nitrogens with zero attached hydrogens (tertiary/aromatic N) is 1. The predicted molar refractivity (Wildman–Crippen MR) is 76.8 cm³/mol. The zero-order chi connectivity index (χ0) is 12.4. The summed E-state index contributed by atoms with van der Waals surface area (Å²) in [5.41, 5.74) is 0.497. The summed E-state index contributed by atoms with van der Waals surface area (Å²) in [7, 11) is 0. The van der Waals surface area contributed by atoms with Gasteiger partial charge in [0.15, 0.2) is 0 Å². The summed E-state index contributed by atoms with van der Waals surface area (Å²) in [6.45, 7) is 6.29. The van der Waals surface area contributed by atoms with E-state index < -0.39 is 0 Å². The molecule has 0 aromatic heterocycles. The highest BCUT2D eigenvalue weighted by Crippen LogP contribution is 2.40. The molecule has 2 heteroatoms. The Kier molecular flexibility index (Phi) is 3.95. The van der Waals surface area contributed by atoms with Crippen LogP contribution in [0.4, 0.5) is 0 Å². The van der Waals surface area contributed by atoms with Crippen molar-refractivity contribution >= 4 is 0 Å². The molecule has 1 heterocycles. The Morgan fingerprint density at radius 2 is 1.94 bits per heavy atom. The molecule has 1 aliphatic heterocycles. The Hall–Kier alpha value is -0.0800. The largest absolute Gasteiger partial charge is 0.308 e. The van der Waals surface area contributed by atoms with Crippen LogP contribution in [-0.4, -0.2) is 36.1 Å². The van der Waals surface area contributed by atoms with Crippen LogP contribution in [0.15, 0.2) is 0 Å². The first-order chi connectivity index (χ1) is 8.83. The molecule has 3 fully saturated rings. The van der Waals surface area contributed by atoms with E-state index >= 15 is 0 Å². The number of unbranched alkanes of at least 4 members (excludes halogenated alkanes) is 1. The van der Waals surface area contributed by atoms with Crippen LogP contribution in [0.2, 0.25) is 0 Å². The smallest absolute Gasteiger partial charge is 0.0309 e. The van der Waals surface area contributed by atoms with Gasteiger partial charge in [-0.3, -0.25) is 4.90 Å². The summed E-state index contributed by atoms with van der Waals surface area (Å²) >= 11 is 0. The zero-order valence-corrected chi connectivity index (χ0v) is 12.1. The van der Waals surface area contributed by atoms with E-state index in [0.29, 0.717) is 5.54 Å². The first-order valence-electron chi connectivity index (χ1n) is 8.32. The number of hydrogen-bond donors (Lipinski definition) is 1. The molecule has 0 aromatic rings. The Bertz CT molecular complexity index is 266. The van der Waals surface area contributed by atoms with Gasteiger partial charge in [-0.25, -0.2) is 0 Å². The fourth-order valence-electron chi connectivity index (χ4n) is 4.13. The lowest BCUT2D eigenvalue weighted by molar-refractivity contribution is 0.0456.